The molecule has 5 nitrogen and oxygen atoms in total. The first kappa shape index (κ1) is 38.1. The van der Waals surface area contributed by atoms with Crippen molar-refractivity contribution in [2.75, 3.05) is 0 Å². The van der Waals surface area contributed by atoms with Gasteiger partial charge in [-0.3, -0.25) is 0 Å². The molecule has 0 fully saturated rings. The van der Waals surface area contributed by atoms with Gasteiger partial charge in [0.25, 0.3) is 0 Å². The fourth-order valence-corrected chi connectivity index (χ4v) is 10.3. The Bertz CT molecular complexity index is 4320. The first-order valence-corrected chi connectivity index (χ1v) is 23.0. The van der Waals surface area contributed by atoms with Crippen molar-refractivity contribution in [2.24, 2.45) is 0 Å². The van der Waals surface area contributed by atoms with Crippen LogP contribution in [0, 0.1) is 0 Å². The molecule has 0 spiro atoms. The summed E-state index contributed by atoms with van der Waals surface area (Å²) in [6.45, 7) is 0. The van der Waals surface area contributed by atoms with Crippen LogP contribution in [-0.4, -0.2) is 19.5 Å². The summed E-state index contributed by atoms with van der Waals surface area (Å²) in [6.07, 6.45) is 0. The van der Waals surface area contributed by atoms with E-state index in [4.69, 9.17) is 19.4 Å². The molecule has 14 aromatic rings. The highest BCUT2D eigenvalue weighted by Crippen LogP contribution is 2.43. The molecule has 0 bridgehead atoms. The van der Waals surface area contributed by atoms with Gasteiger partial charge in [-0.1, -0.05) is 176 Å². The van der Waals surface area contributed by atoms with Gasteiger partial charge in [-0.2, -0.15) is 0 Å². The maximum Gasteiger partial charge on any atom is 0.164 e. The molecule has 0 amide bonds. The maximum absolute atomic E-state index is 6.38. The fourth-order valence-electron chi connectivity index (χ4n) is 10.3. The Hall–Kier alpha value is -9.19. The molecule has 14 rings (SSSR count). The molecule has 0 aliphatic carbocycles. The first-order chi connectivity index (χ1) is 33.7. The van der Waals surface area contributed by atoms with Crippen LogP contribution in [-0.2, 0) is 0 Å². The number of hydrogen-bond donors (Lipinski definition) is 0. The topological polar surface area (TPSA) is 56.7 Å². The van der Waals surface area contributed by atoms with E-state index in [1.807, 2.05) is 36.4 Å². The summed E-state index contributed by atoms with van der Waals surface area (Å²) in [5, 5.41) is 11.5. The van der Waals surface area contributed by atoms with Crippen molar-refractivity contribution in [2.45, 2.75) is 0 Å². The van der Waals surface area contributed by atoms with Crippen LogP contribution in [0.5, 0.6) is 0 Å². The molecule has 0 saturated carbocycles. The fraction of sp³-hybridized carbons (Fsp3) is 0. The molecule has 316 valence electrons. The minimum atomic E-state index is 0.570. The number of rotatable bonds is 6. The Labute approximate surface area is 390 Å². The summed E-state index contributed by atoms with van der Waals surface area (Å²) in [4.78, 5) is 15.8. The van der Waals surface area contributed by atoms with Crippen LogP contribution in [0.15, 0.2) is 235 Å². The molecule has 11 aromatic carbocycles. The predicted octanol–water partition coefficient (Wildman–Crippen LogP) is 16.7. The van der Waals surface area contributed by atoms with Gasteiger partial charge in [0, 0.05) is 49.0 Å². The lowest BCUT2D eigenvalue weighted by molar-refractivity contribution is 0.669. The van der Waals surface area contributed by atoms with Crippen LogP contribution >= 0.6 is 0 Å². The zero-order chi connectivity index (χ0) is 44.7. The van der Waals surface area contributed by atoms with Gasteiger partial charge >= 0.3 is 0 Å². The van der Waals surface area contributed by atoms with E-state index in [1.54, 1.807) is 0 Å². The van der Waals surface area contributed by atoms with Gasteiger partial charge in [-0.15, -0.1) is 0 Å². The van der Waals surface area contributed by atoms with Crippen LogP contribution in [0.3, 0.4) is 0 Å². The smallest absolute Gasteiger partial charge is 0.164 e. The van der Waals surface area contributed by atoms with Crippen LogP contribution in [0.4, 0.5) is 0 Å². The third kappa shape index (κ3) is 6.14. The Morgan fingerprint density at radius 3 is 1.71 bits per heavy atom. The van der Waals surface area contributed by atoms with Crippen molar-refractivity contribution in [3.63, 3.8) is 0 Å². The zero-order valence-electron chi connectivity index (χ0n) is 36.6. The van der Waals surface area contributed by atoms with E-state index >= 15 is 0 Å². The third-order valence-corrected chi connectivity index (χ3v) is 13.6. The molecule has 0 radical (unpaired) electrons. The van der Waals surface area contributed by atoms with Crippen LogP contribution in [0.2, 0.25) is 0 Å². The van der Waals surface area contributed by atoms with Gasteiger partial charge in [0.05, 0.1) is 16.7 Å². The van der Waals surface area contributed by atoms with Gasteiger partial charge in [0.1, 0.15) is 11.2 Å². The van der Waals surface area contributed by atoms with Crippen LogP contribution in [0.1, 0.15) is 0 Å². The number of aromatic nitrogens is 4. The Balaban J connectivity index is 1.05. The van der Waals surface area contributed by atoms with E-state index in [0.717, 1.165) is 77.3 Å². The molecule has 0 saturated heterocycles. The Morgan fingerprint density at radius 2 is 0.882 bits per heavy atom. The molecule has 0 unspecified atom stereocenters. The largest absolute Gasteiger partial charge is 0.456 e. The second-order valence-corrected chi connectivity index (χ2v) is 17.6. The average Bonchev–Trinajstić information content (AvgIpc) is 3.95. The summed E-state index contributed by atoms with van der Waals surface area (Å²) < 4.78 is 8.86. The van der Waals surface area contributed by atoms with Gasteiger partial charge in [0.2, 0.25) is 0 Å². The number of fused-ring (bicyclic) bond motifs is 10. The normalized spacial score (nSPS) is 11.8. The quantitative estimate of drug-likeness (QED) is 0.167. The summed E-state index contributed by atoms with van der Waals surface area (Å²) in [7, 11) is 0. The molecule has 0 atom stereocenters. The Kier molecular flexibility index (Phi) is 8.52. The second kappa shape index (κ2) is 15.2. The monoisotopic (exact) mass is 866 g/mol. The highest BCUT2D eigenvalue weighted by Gasteiger charge is 2.22. The molecule has 5 heteroatoms. The van der Waals surface area contributed by atoms with E-state index in [0.29, 0.717) is 17.5 Å². The first-order valence-electron chi connectivity index (χ1n) is 23.0. The molecule has 68 heavy (non-hydrogen) atoms. The van der Waals surface area contributed by atoms with Crippen molar-refractivity contribution < 1.29 is 4.42 Å². The van der Waals surface area contributed by atoms with Crippen molar-refractivity contribution in [1.82, 2.24) is 19.5 Å². The molecule has 3 heterocycles. The molecule has 0 aliphatic rings. The highest BCUT2D eigenvalue weighted by atomic mass is 16.3. The summed E-state index contributed by atoms with van der Waals surface area (Å²) in [5.41, 5.74) is 12.3. The Morgan fingerprint density at radius 1 is 0.294 bits per heavy atom. The SMILES string of the molecule is c1ccc(-c2cccc(-c3ccc4c(-n5c6cc7ccccc7cc6c6ccc7ccccc7c65)ccc(-c5nc(-c6ccccc6)nc(-c6ccc7c(c6)oc6ccccc67)n5)c4c3)c2)cc1. The molecule has 0 aliphatic heterocycles. The minimum Gasteiger partial charge on any atom is -0.456 e. The maximum atomic E-state index is 6.38. The van der Waals surface area contributed by atoms with Gasteiger partial charge < -0.3 is 8.98 Å². The van der Waals surface area contributed by atoms with E-state index in [9.17, 15) is 0 Å². The van der Waals surface area contributed by atoms with E-state index in [2.05, 4.69) is 199 Å². The number of benzene rings is 11. The number of para-hydroxylation sites is 1. The van der Waals surface area contributed by atoms with E-state index in [-0.39, 0.29) is 0 Å². The molecule has 0 N–H and O–H groups in total. The molecular formula is C63H38N4O. The number of hydrogen-bond acceptors (Lipinski definition) is 4. The van der Waals surface area contributed by atoms with Crippen molar-refractivity contribution in [3.05, 3.63) is 231 Å². The van der Waals surface area contributed by atoms with Crippen LogP contribution < -0.4 is 0 Å². The minimum absolute atomic E-state index is 0.570. The molecule has 3 aromatic heterocycles. The van der Waals surface area contributed by atoms with Gasteiger partial charge in [-0.25, -0.2) is 15.0 Å². The number of furan rings is 1. The van der Waals surface area contributed by atoms with Crippen molar-refractivity contribution in [1.29, 1.82) is 0 Å². The lowest BCUT2D eigenvalue weighted by atomic mass is 9.94. The summed E-state index contributed by atoms with van der Waals surface area (Å²) >= 11 is 0. The predicted molar refractivity (Wildman–Crippen MR) is 281 cm³/mol. The summed E-state index contributed by atoms with van der Waals surface area (Å²) in [5.74, 6) is 1.75. The van der Waals surface area contributed by atoms with Crippen molar-refractivity contribution >= 4 is 76.1 Å². The van der Waals surface area contributed by atoms with E-state index < -0.39 is 0 Å². The highest BCUT2D eigenvalue weighted by molar-refractivity contribution is 6.21. The molecular weight excluding hydrogens is 829 g/mol. The van der Waals surface area contributed by atoms with Gasteiger partial charge in [0.15, 0.2) is 17.5 Å². The van der Waals surface area contributed by atoms with Crippen molar-refractivity contribution in [3.8, 4) is 62.1 Å². The number of nitrogens with zero attached hydrogens (tertiary/aromatic N) is 4. The van der Waals surface area contributed by atoms with Gasteiger partial charge in [-0.05, 0) is 98.4 Å². The third-order valence-electron chi connectivity index (χ3n) is 13.6. The summed E-state index contributed by atoms with van der Waals surface area (Å²) in [6, 6.07) is 82.0. The standard InChI is InChI=1S/C63H38N4O/c1-3-14-39(15-4-1)42-21-13-22-43(34-42)46-27-29-49-54(35-46)53(32-33-56(49)67-57-37-45-20-8-7-19-44(45)36-55(57)52-31-26-40-16-9-10-23-48(40)60(52)67)63-65-61(41-17-5-2-6-18-41)64-62(66-63)47-28-30-51-50-24-11-12-25-58(50)68-59(51)38-47/h1-38H. The zero-order valence-corrected chi connectivity index (χ0v) is 36.6. The van der Waals surface area contributed by atoms with E-state index in [1.165, 1.54) is 43.4 Å². The van der Waals surface area contributed by atoms with Crippen LogP contribution in [0.25, 0.3) is 138 Å². The second-order valence-electron chi connectivity index (χ2n) is 17.6. The lowest BCUT2D eigenvalue weighted by Crippen LogP contribution is -2.02. The lowest BCUT2D eigenvalue weighted by Gasteiger charge is -2.17. The average molecular weight is 867 g/mol.